The molecule has 2 heterocycles. The predicted molar refractivity (Wildman–Crippen MR) is 75.6 cm³/mol. The van der Waals surface area contributed by atoms with E-state index in [2.05, 4.69) is 4.98 Å². The number of amides is 1. The maximum atomic E-state index is 12.5. The summed E-state index contributed by atoms with van der Waals surface area (Å²) in [6, 6.07) is 4.93. The van der Waals surface area contributed by atoms with Crippen LogP contribution in [0.5, 0.6) is 0 Å². The number of rotatable bonds is 2. The molecule has 0 radical (unpaired) electrons. The van der Waals surface area contributed by atoms with Crippen molar-refractivity contribution in [3.8, 4) is 0 Å². The highest BCUT2D eigenvalue weighted by Crippen LogP contribution is 2.31. The first-order valence-electron chi connectivity index (χ1n) is 6.16. The van der Waals surface area contributed by atoms with Crippen molar-refractivity contribution in [3.63, 3.8) is 0 Å². The number of aromatic nitrogens is 1. The van der Waals surface area contributed by atoms with Crippen molar-refractivity contribution in [3.05, 3.63) is 45.4 Å². The summed E-state index contributed by atoms with van der Waals surface area (Å²) in [6.07, 6.45) is 0.749. The Hall–Kier alpha value is -2.21. The highest BCUT2D eigenvalue weighted by atomic mass is 32.1. The largest absolute Gasteiger partial charge is 0.478 e. The van der Waals surface area contributed by atoms with Crippen molar-refractivity contribution in [2.75, 3.05) is 11.4 Å². The quantitative estimate of drug-likeness (QED) is 0.921. The monoisotopic (exact) mass is 288 g/mol. The molecular formula is C14H12N2O3S. The van der Waals surface area contributed by atoms with Gasteiger partial charge in [-0.2, -0.15) is 0 Å². The van der Waals surface area contributed by atoms with E-state index in [9.17, 15) is 9.59 Å². The van der Waals surface area contributed by atoms with Crippen molar-refractivity contribution in [1.29, 1.82) is 0 Å². The van der Waals surface area contributed by atoms with E-state index in [-0.39, 0.29) is 11.5 Å². The molecule has 0 saturated heterocycles. The van der Waals surface area contributed by atoms with Gasteiger partial charge in [-0.15, -0.1) is 11.3 Å². The number of hydrogen-bond donors (Lipinski definition) is 1. The van der Waals surface area contributed by atoms with E-state index >= 15 is 0 Å². The Morgan fingerprint density at radius 2 is 2.20 bits per heavy atom. The number of carbonyl (C=O) groups excluding carboxylic acids is 1. The highest BCUT2D eigenvalue weighted by molar-refractivity contribution is 7.12. The van der Waals surface area contributed by atoms with Crippen LogP contribution in [0.2, 0.25) is 0 Å². The van der Waals surface area contributed by atoms with Crippen LogP contribution in [0, 0.1) is 6.92 Å². The number of nitrogens with zero attached hydrogens (tertiary/aromatic N) is 2. The summed E-state index contributed by atoms with van der Waals surface area (Å²) in [6.45, 7) is 2.38. The number of thiazole rings is 1. The fraction of sp³-hybridized carbons (Fsp3) is 0.214. The fourth-order valence-electron chi connectivity index (χ4n) is 2.35. The number of anilines is 1. The molecule has 1 aliphatic rings. The van der Waals surface area contributed by atoms with Gasteiger partial charge in [-0.05, 0) is 31.0 Å². The number of fused-ring (bicyclic) bond motifs is 1. The van der Waals surface area contributed by atoms with Gasteiger partial charge in [-0.3, -0.25) is 4.79 Å². The molecule has 0 atom stereocenters. The van der Waals surface area contributed by atoms with Crippen molar-refractivity contribution in [2.24, 2.45) is 0 Å². The van der Waals surface area contributed by atoms with Crippen LogP contribution in [0.3, 0.4) is 0 Å². The molecule has 0 fully saturated rings. The van der Waals surface area contributed by atoms with E-state index in [1.54, 1.807) is 35.5 Å². The molecule has 1 aromatic heterocycles. The van der Waals surface area contributed by atoms with Gasteiger partial charge in [0.15, 0.2) is 0 Å². The lowest BCUT2D eigenvalue weighted by atomic mass is 10.1. The number of carboxylic acid groups (broad SMARTS) is 1. The van der Waals surface area contributed by atoms with E-state index < -0.39 is 5.97 Å². The zero-order chi connectivity index (χ0) is 14.3. The minimum absolute atomic E-state index is 0.105. The molecule has 1 amide bonds. The Kier molecular flexibility index (Phi) is 3.02. The van der Waals surface area contributed by atoms with Crippen LogP contribution < -0.4 is 4.90 Å². The number of aryl methyl sites for hydroxylation is 1. The van der Waals surface area contributed by atoms with Crippen molar-refractivity contribution in [2.45, 2.75) is 13.3 Å². The summed E-state index contributed by atoms with van der Waals surface area (Å²) < 4.78 is 0. The molecule has 0 unspecified atom stereocenters. The molecule has 20 heavy (non-hydrogen) atoms. The molecule has 2 aromatic rings. The lowest BCUT2D eigenvalue weighted by Crippen LogP contribution is -2.28. The highest BCUT2D eigenvalue weighted by Gasteiger charge is 2.28. The van der Waals surface area contributed by atoms with Crippen LogP contribution in [-0.4, -0.2) is 28.5 Å². The molecule has 0 spiro atoms. The number of carboxylic acids is 1. The third kappa shape index (κ3) is 1.98. The van der Waals surface area contributed by atoms with Crippen molar-refractivity contribution < 1.29 is 14.7 Å². The van der Waals surface area contributed by atoms with Gasteiger partial charge >= 0.3 is 5.97 Å². The summed E-state index contributed by atoms with van der Waals surface area (Å²) >= 11 is 1.31. The number of carbonyl (C=O) groups is 2. The van der Waals surface area contributed by atoms with Crippen LogP contribution in [0.15, 0.2) is 23.7 Å². The van der Waals surface area contributed by atoms with E-state index in [0.29, 0.717) is 22.8 Å². The zero-order valence-electron chi connectivity index (χ0n) is 10.8. The predicted octanol–water partition coefficient (Wildman–Crippen LogP) is 2.35. The third-order valence-corrected chi connectivity index (χ3v) is 4.33. The van der Waals surface area contributed by atoms with Gasteiger partial charge in [0, 0.05) is 12.2 Å². The summed E-state index contributed by atoms with van der Waals surface area (Å²) in [5.41, 5.74) is 4.26. The van der Waals surface area contributed by atoms with Gasteiger partial charge in [-0.1, -0.05) is 6.07 Å². The standard InChI is InChI=1S/C14H12N2O3S/c1-8-12(20-7-15-8)13(17)16-5-4-9-2-3-10(14(18)19)6-11(9)16/h2-3,6-7H,4-5H2,1H3,(H,18,19). The first-order valence-corrected chi connectivity index (χ1v) is 7.04. The molecule has 1 aliphatic heterocycles. The van der Waals surface area contributed by atoms with Crippen LogP contribution in [0.1, 0.15) is 31.3 Å². The minimum Gasteiger partial charge on any atom is -0.478 e. The lowest BCUT2D eigenvalue weighted by Gasteiger charge is -2.17. The average Bonchev–Trinajstić information content (AvgIpc) is 3.03. The topological polar surface area (TPSA) is 70.5 Å². The van der Waals surface area contributed by atoms with Crippen molar-refractivity contribution >= 4 is 28.9 Å². The van der Waals surface area contributed by atoms with Crippen LogP contribution in [0.4, 0.5) is 5.69 Å². The molecular weight excluding hydrogens is 276 g/mol. The molecule has 1 aromatic carbocycles. The Morgan fingerprint density at radius 3 is 2.85 bits per heavy atom. The summed E-state index contributed by atoms with van der Waals surface area (Å²) in [4.78, 5) is 29.9. The summed E-state index contributed by atoms with van der Waals surface area (Å²) in [5.74, 6) is -1.09. The Labute approximate surface area is 119 Å². The van der Waals surface area contributed by atoms with Gasteiger partial charge in [0.1, 0.15) is 4.88 Å². The Bertz CT molecular complexity index is 708. The molecule has 0 aliphatic carbocycles. The van der Waals surface area contributed by atoms with Crippen LogP contribution >= 0.6 is 11.3 Å². The second-order valence-corrected chi connectivity index (χ2v) is 5.48. The van der Waals surface area contributed by atoms with E-state index in [1.165, 1.54) is 11.3 Å². The molecule has 6 heteroatoms. The van der Waals surface area contributed by atoms with E-state index in [4.69, 9.17) is 5.11 Å². The molecule has 3 rings (SSSR count). The Balaban J connectivity index is 2.00. The Morgan fingerprint density at radius 1 is 1.40 bits per heavy atom. The van der Waals surface area contributed by atoms with Crippen LogP contribution in [0.25, 0.3) is 0 Å². The molecule has 102 valence electrons. The second-order valence-electron chi connectivity index (χ2n) is 4.62. The lowest BCUT2D eigenvalue weighted by molar-refractivity contribution is 0.0696. The fourth-order valence-corrected chi connectivity index (χ4v) is 3.10. The normalized spacial score (nSPS) is 13.3. The van der Waals surface area contributed by atoms with Gasteiger partial charge in [0.05, 0.1) is 16.8 Å². The number of benzene rings is 1. The van der Waals surface area contributed by atoms with Crippen LogP contribution in [-0.2, 0) is 6.42 Å². The van der Waals surface area contributed by atoms with Gasteiger partial charge in [-0.25, -0.2) is 9.78 Å². The first-order chi connectivity index (χ1) is 9.58. The molecule has 5 nitrogen and oxygen atoms in total. The zero-order valence-corrected chi connectivity index (χ0v) is 11.6. The van der Waals surface area contributed by atoms with E-state index in [1.807, 2.05) is 0 Å². The second kappa shape index (κ2) is 4.72. The van der Waals surface area contributed by atoms with E-state index in [0.717, 1.165) is 12.0 Å². The first kappa shape index (κ1) is 12.8. The number of hydrogen-bond acceptors (Lipinski definition) is 4. The molecule has 1 N–H and O–H groups in total. The summed E-state index contributed by atoms with van der Waals surface area (Å²) in [5, 5.41) is 9.06. The minimum atomic E-state index is -0.985. The molecule has 0 saturated carbocycles. The smallest absolute Gasteiger partial charge is 0.335 e. The summed E-state index contributed by atoms with van der Waals surface area (Å²) in [7, 11) is 0. The maximum Gasteiger partial charge on any atom is 0.335 e. The molecule has 0 bridgehead atoms. The third-order valence-electron chi connectivity index (χ3n) is 3.41. The van der Waals surface area contributed by atoms with Crippen molar-refractivity contribution in [1.82, 2.24) is 4.98 Å². The average molecular weight is 288 g/mol. The maximum absolute atomic E-state index is 12.5. The van der Waals surface area contributed by atoms with Gasteiger partial charge < -0.3 is 10.0 Å². The number of aromatic carboxylic acids is 1. The SMILES string of the molecule is Cc1ncsc1C(=O)N1CCc2ccc(C(=O)O)cc21. The van der Waals surface area contributed by atoms with Gasteiger partial charge in [0.2, 0.25) is 0 Å². The van der Waals surface area contributed by atoms with Gasteiger partial charge in [0.25, 0.3) is 5.91 Å².